The molecule has 0 amide bonds. The van der Waals surface area contributed by atoms with E-state index < -0.39 is 0 Å². The normalized spacial score (nSPS) is 17.3. The first-order valence-electron chi connectivity index (χ1n) is 6.66. The molecule has 0 radical (unpaired) electrons. The van der Waals surface area contributed by atoms with Crippen LogP contribution in [-0.4, -0.2) is 44.7 Å². The second-order valence-corrected chi connectivity index (χ2v) is 5.98. The number of thioether (sulfide) groups is 1. The molecular formula is C14H18N4S. The van der Waals surface area contributed by atoms with Crippen molar-refractivity contribution in [2.45, 2.75) is 13.0 Å². The van der Waals surface area contributed by atoms with E-state index in [1.54, 1.807) is 6.20 Å². The molecule has 1 aliphatic rings. The molecule has 100 valence electrons. The van der Waals surface area contributed by atoms with E-state index in [1.807, 2.05) is 18.5 Å². The highest BCUT2D eigenvalue weighted by Crippen LogP contribution is 2.22. The van der Waals surface area contributed by atoms with Crippen molar-refractivity contribution in [2.24, 2.45) is 0 Å². The number of hydrogen-bond donors (Lipinski definition) is 1. The van der Waals surface area contributed by atoms with E-state index >= 15 is 0 Å². The van der Waals surface area contributed by atoms with Gasteiger partial charge in [-0.3, -0.25) is 15.0 Å². The molecule has 19 heavy (non-hydrogen) atoms. The zero-order valence-electron chi connectivity index (χ0n) is 10.9. The van der Waals surface area contributed by atoms with Gasteiger partial charge in [-0.2, -0.15) is 16.9 Å². The molecule has 2 aromatic rings. The molecule has 0 aliphatic carbocycles. The number of nitrogens with zero attached hydrogens (tertiary/aromatic N) is 3. The van der Waals surface area contributed by atoms with Gasteiger partial charge < -0.3 is 0 Å². The van der Waals surface area contributed by atoms with Gasteiger partial charge in [0.1, 0.15) is 0 Å². The Morgan fingerprint density at radius 2 is 2.26 bits per heavy atom. The Labute approximate surface area is 117 Å². The van der Waals surface area contributed by atoms with Crippen LogP contribution in [0.15, 0.2) is 30.7 Å². The first-order chi connectivity index (χ1) is 9.43. The van der Waals surface area contributed by atoms with Crippen LogP contribution in [0.25, 0.3) is 11.3 Å². The molecule has 3 rings (SSSR count). The summed E-state index contributed by atoms with van der Waals surface area (Å²) < 4.78 is 0. The number of aromatic nitrogens is 3. The minimum absolute atomic E-state index is 0.973. The summed E-state index contributed by atoms with van der Waals surface area (Å²) in [5, 5.41) is 7.31. The summed E-state index contributed by atoms with van der Waals surface area (Å²) in [5.41, 5.74) is 3.48. The lowest BCUT2D eigenvalue weighted by Crippen LogP contribution is -2.25. The third-order valence-electron chi connectivity index (χ3n) is 3.38. The summed E-state index contributed by atoms with van der Waals surface area (Å²) in [5.74, 6) is 2.53. The number of aromatic amines is 1. The molecule has 1 saturated heterocycles. The van der Waals surface area contributed by atoms with Gasteiger partial charge >= 0.3 is 0 Å². The molecule has 5 heteroatoms. The molecule has 4 nitrogen and oxygen atoms in total. The van der Waals surface area contributed by atoms with Crippen molar-refractivity contribution in [2.75, 3.05) is 24.6 Å². The molecule has 0 atom stereocenters. The lowest BCUT2D eigenvalue weighted by atomic mass is 10.1. The van der Waals surface area contributed by atoms with Crippen LogP contribution in [0.4, 0.5) is 0 Å². The molecule has 3 heterocycles. The van der Waals surface area contributed by atoms with Crippen LogP contribution in [0.1, 0.15) is 12.0 Å². The fraction of sp³-hybridized carbons (Fsp3) is 0.429. The summed E-state index contributed by atoms with van der Waals surface area (Å²) in [7, 11) is 0. The van der Waals surface area contributed by atoms with Crippen molar-refractivity contribution in [3.05, 3.63) is 36.3 Å². The SMILES string of the molecule is c1cncc(-c2[nH]ncc2CN2CCCSCC2)c1. The van der Waals surface area contributed by atoms with Gasteiger partial charge in [0.25, 0.3) is 0 Å². The maximum atomic E-state index is 4.20. The third kappa shape index (κ3) is 3.16. The number of nitrogens with one attached hydrogen (secondary N) is 1. The molecular weight excluding hydrogens is 256 g/mol. The van der Waals surface area contributed by atoms with E-state index in [-0.39, 0.29) is 0 Å². The van der Waals surface area contributed by atoms with Crippen molar-refractivity contribution in [1.82, 2.24) is 20.1 Å². The lowest BCUT2D eigenvalue weighted by molar-refractivity contribution is 0.288. The molecule has 0 spiro atoms. The topological polar surface area (TPSA) is 44.8 Å². The Balaban J connectivity index is 1.76. The predicted octanol–water partition coefficient (Wildman–Crippen LogP) is 2.41. The summed E-state index contributed by atoms with van der Waals surface area (Å²) in [6, 6.07) is 4.03. The first kappa shape index (κ1) is 12.7. The van der Waals surface area contributed by atoms with Gasteiger partial charge in [0.15, 0.2) is 0 Å². The predicted molar refractivity (Wildman–Crippen MR) is 79.0 cm³/mol. The van der Waals surface area contributed by atoms with Crippen LogP contribution in [0.2, 0.25) is 0 Å². The Morgan fingerprint density at radius 3 is 3.16 bits per heavy atom. The number of hydrogen-bond acceptors (Lipinski definition) is 4. The van der Waals surface area contributed by atoms with Crippen molar-refractivity contribution in [3.8, 4) is 11.3 Å². The van der Waals surface area contributed by atoms with Gasteiger partial charge in [-0.1, -0.05) is 0 Å². The Hall–Kier alpha value is -1.33. The van der Waals surface area contributed by atoms with Crippen molar-refractivity contribution >= 4 is 11.8 Å². The van der Waals surface area contributed by atoms with Crippen LogP contribution in [-0.2, 0) is 6.54 Å². The zero-order chi connectivity index (χ0) is 12.9. The molecule has 2 aromatic heterocycles. The van der Waals surface area contributed by atoms with Crippen LogP contribution in [0.3, 0.4) is 0 Å². The van der Waals surface area contributed by atoms with Gasteiger partial charge in [0, 0.05) is 42.4 Å². The molecule has 0 bridgehead atoms. The van der Waals surface area contributed by atoms with Crippen molar-refractivity contribution in [1.29, 1.82) is 0 Å². The van der Waals surface area contributed by atoms with Crippen LogP contribution >= 0.6 is 11.8 Å². The smallest absolute Gasteiger partial charge is 0.0710 e. The van der Waals surface area contributed by atoms with E-state index in [0.717, 1.165) is 17.8 Å². The van der Waals surface area contributed by atoms with Crippen LogP contribution < -0.4 is 0 Å². The molecule has 0 saturated carbocycles. The van der Waals surface area contributed by atoms with E-state index in [9.17, 15) is 0 Å². The highest BCUT2D eigenvalue weighted by atomic mass is 32.2. The van der Waals surface area contributed by atoms with E-state index in [0.29, 0.717) is 0 Å². The van der Waals surface area contributed by atoms with Gasteiger partial charge in [0.05, 0.1) is 11.9 Å². The molecule has 1 aliphatic heterocycles. The first-order valence-corrected chi connectivity index (χ1v) is 7.82. The van der Waals surface area contributed by atoms with E-state index in [4.69, 9.17) is 0 Å². The quantitative estimate of drug-likeness (QED) is 0.933. The van der Waals surface area contributed by atoms with Crippen LogP contribution in [0.5, 0.6) is 0 Å². The summed E-state index contributed by atoms with van der Waals surface area (Å²) in [4.78, 5) is 6.70. The third-order valence-corrected chi connectivity index (χ3v) is 4.43. The monoisotopic (exact) mass is 274 g/mol. The Morgan fingerprint density at radius 1 is 1.26 bits per heavy atom. The summed E-state index contributed by atoms with van der Waals surface area (Å²) in [6.07, 6.45) is 6.91. The number of H-pyrrole nitrogens is 1. The summed E-state index contributed by atoms with van der Waals surface area (Å²) >= 11 is 2.06. The maximum Gasteiger partial charge on any atom is 0.0710 e. The minimum Gasteiger partial charge on any atom is -0.298 e. The lowest BCUT2D eigenvalue weighted by Gasteiger charge is -2.19. The maximum absolute atomic E-state index is 4.20. The highest BCUT2D eigenvalue weighted by molar-refractivity contribution is 7.99. The fourth-order valence-corrected chi connectivity index (χ4v) is 3.31. The Kier molecular flexibility index (Phi) is 4.15. The van der Waals surface area contributed by atoms with Crippen molar-refractivity contribution < 1.29 is 0 Å². The zero-order valence-corrected chi connectivity index (χ0v) is 11.7. The molecule has 1 N–H and O–H groups in total. The van der Waals surface area contributed by atoms with E-state index in [2.05, 4.69) is 37.9 Å². The number of pyridine rings is 1. The summed E-state index contributed by atoms with van der Waals surface area (Å²) in [6.45, 7) is 3.33. The average molecular weight is 274 g/mol. The van der Waals surface area contributed by atoms with Gasteiger partial charge in [-0.05, 0) is 30.9 Å². The van der Waals surface area contributed by atoms with E-state index in [1.165, 1.54) is 36.6 Å². The second kappa shape index (κ2) is 6.21. The van der Waals surface area contributed by atoms with Gasteiger partial charge in [0.2, 0.25) is 0 Å². The molecule has 1 fully saturated rings. The minimum atomic E-state index is 0.973. The Bertz CT molecular complexity index is 503. The van der Waals surface area contributed by atoms with Crippen molar-refractivity contribution in [3.63, 3.8) is 0 Å². The van der Waals surface area contributed by atoms with Gasteiger partial charge in [-0.25, -0.2) is 0 Å². The molecule has 0 unspecified atom stereocenters. The van der Waals surface area contributed by atoms with Crippen LogP contribution in [0, 0.1) is 0 Å². The van der Waals surface area contributed by atoms with Gasteiger partial charge in [-0.15, -0.1) is 0 Å². The largest absolute Gasteiger partial charge is 0.298 e. The highest BCUT2D eigenvalue weighted by Gasteiger charge is 2.14. The average Bonchev–Trinajstić information content (AvgIpc) is 2.75. The second-order valence-electron chi connectivity index (χ2n) is 4.75. The fourth-order valence-electron chi connectivity index (χ4n) is 2.39. The number of rotatable bonds is 3. The standard InChI is InChI=1S/C14H18N4S/c1-3-12(9-15-4-1)14-13(10-16-17-14)11-18-5-2-7-19-8-6-18/h1,3-4,9-10H,2,5-8,11H2,(H,16,17). The molecule has 0 aromatic carbocycles.